The Morgan fingerprint density at radius 1 is 1.24 bits per heavy atom. The zero-order valence-electron chi connectivity index (χ0n) is 12.6. The van der Waals surface area contributed by atoms with Crippen molar-refractivity contribution in [1.82, 2.24) is 4.90 Å². The van der Waals surface area contributed by atoms with E-state index in [0.29, 0.717) is 24.0 Å². The summed E-state index contributed by atoms with van der Waals surface area (Å²) >= 11 is 0. The quantitative estimate of drug-likeness (QED) is 0.853. The Labute approximate surface area is 126 Å². The normalized spacial score (nSPS) is 33.5. The van der Waals surface area contributed by atoms with Crippen LogP contribution >= 0.6 is 0 Å². The van der Waals surface area contributed by atoms with Crippen LogP contribution in [0.5, 0.6) is 0 Å². The average Bonchev–Trinajstić information content (AvgIpc) is 2.50. The second kappa shape index (κ2) is 5.13. The number of piperidine rings is 1. The third kappa shape index (κ3) is 2.10. The topological polar surface area (TPSA) is 29.5 Å². The van der Waals surface area contributed by atoms with E-state index in [9.17, 15) is 4.79 Å². The maximum absolute atomic E-state index is 12.8. The van der Waals surface area contributed by atoms with Gasteiger partial charge in [-0.2, -0.15) is 0 Å². The van der Waals surface area contributed by atoms with Gasteiger partial charge in [0.05, 0.1) is 12.1 Å². The summed E-state index contributed by atoms with van der Waals surface area (Å²) in [5.41, 5.74) is 2.88. The van der Waals surface area contributed by atoms with Gasteiger partial charge < -0.3 is 9.64 Å². The number of carbonyl (C=O) groups is 1. The number of nitrogens with zero attached hydrogens (tertiary/aromatic N) is 1. The van der Waals surface area contributed by atoms with Crippen molar-refractivity contribution in [2.45, 2.75) is 50.7 Å². The first-order valence-electron chi connectivity index (χ1n) is 8.28. The first-order chi connectivity index (χ1) is 10.3. The van der Waals surface area contributed by atoms with E-state index in [4.69, 9.17) is 4.74 Å². The largest absolute Gasteiger partial charge is 0.378 e. The van der Waals surface area contributed by atoms with Crippen LogP contribution in [0.3, 0.4) is 0 Å². The number of hydrogen-bond donors (Lipinski definition) is 0. The summed E-state index contributed by atoms with van der Waals surface area (Å²) in [5, 5.41) is 0. The molecule has 0 radical (unpaired) electrons. The molecule has 112 valence electrons. The van der Waals surface area contributed by atoms with Crippen LogP contribution in [-0.4, -0.2) is 30.1 Å². The van der Waals surface area contributed by atoms with E-state index in [1.54, 1.807) is 0 Å². The third-order valence-electron chi connectivity index (χ3n) is 5.51. The molecule has 3 heteroatoms. The Morgan fingerprint density at radius 3 is 2.76 bits per heavy atom. The van der Waals surface area contributed by atoms with Crippen LogP contribution in [0.25, 0.3) is 0 Å². The molecule has 0 unspecified atom stereocenters. The Hall–Kier alpha value is -1.35. The summed E-state index contributed by atoms with van der Waals surface area (Å²) in [6.45, 7) is 3.71. The molecule has 0 N–H and O–H groups in total. The monoisotopic (exact) mass is 285 g/mol. The second-order valence-electron chi connectivity index (χ2n) is 6.66. The van der Waals surface area contributed by atoms with Gasteiger partial charge >= 0.3 is 0 Å². The molecule has 1 saturated heterocycles. The molecule has 1 amide bonds. The van der Waals surface area contributed by atoms with Gasteiger partial charge in [0.1, 0.15) is 0 Å². The molecule has 2 atom stereocenters. The summed E-state index contributed by atoms with van der Waals surface area (Å²) < 4.78 is 5.59. The first-order valence-corrected chi connectivity index (χ1v) is 8.28. The number of amides is 1. The fourth-order valence-electron chi connectivity index (χ4n) is 4.35. The number of ether oxygens (including phenoxy) is 1. The van der Waals surface area contributed by atoms with E-state index in [1.165, 1.54) is 17.5 Å². The van der Waals surface area contributed by atoms with Crippen molar-refractivity contribution in [3.05, 3.63) is 35.4 Å². The molecule has 0 aromatic heterocycles. The molecule has 1 saturated carbocycles. The zero-order chi connectivity index (χ0) is 14.4. The maximum Gasteiger partial charge on any atom is 0.226 e. The Morgan fingerprint density at radius 2 is 2.00 bits per heavy atom. The Bertz CT molecular complexity index is 550. The van der Waals surface area contributed by atoms with E-state index in [1.807, 2.05) is 6.92 Å². The number of carbonyl (C=O) groups excluding carboxylic acids is 1. The minimum absolute atomic E-state index is 0.202. The van der Waals surface area contributed by atoms with Crippen molar-refractivity contribution < 1.29 is 9.53 Å². The molecular formula is C18H23NO2. The number of rotatable bonds is 3. The number of hydrogen-bond acceptors (Lipinski definition) is 2. The van der Waals surface area contributed by atoms with E-state index in [0.717, 1.165) is 32.4 Å². The minimum Gasteiger partial charge on any atom is -0.378 e. The number of fused-ring (bicyclic) bond motifs is 2. The van der Waals surface area contributed by atoms with Crippen LogP contribution in [0.4, 0.5) is 0 Å². The summed E-state index contributed by atoms with van der Waals surface area (Å²) in [6, 6.07) is 9.03. The lowest BCUT2D eigenvalue weighted by Gasteiger charge is -2.49. The lowest BCUT2D eigenvalue weighted by Crippen LogP contribution is -2.51. The predicted octanol–water partition coefficient (Wildman–Crippen LogP) is 3.26. The van der Waals surface area contributed by atoms with Gasteiger partial charge in [0.15, 0.2) is 0 Å². The molecule has 0 spiro atoms. The first kappa shape index (κ1) is 13.3. The average molecular weight is 285 g/mol. The smallest absolute Gasteiger partial charge is 0.226 e. The molecule has 1 aromatic carbocycles. The van der Waals surface area contributed by atoms with Crippen LogP contribution in [0.15, 0.2) is 24.3 Å². The minimum atomic E-state index is 0.202. The fraction of sp³-hybridized carbons (Fsp3) is 0.611. The van der Waals surface area contributed by atoms with E-state index < -0.39 is 0 Å². The van der Waals surface area contributed by atoms with Crippen molar-refractivity contribution in [1.29, 1.82) is 0 Å². The molecule has 3 nitrogen and oxygen atoms in total. The van der Waals surface area contributed by atoms with Gasteiger partial charge in [0.2, 0.25) is 5.91 Å². The zero-order valence-corrected chi connectivity index (χ0v) is 12.6. The highest BCUT2D eigenvalue weighted by molar-refractivity contribution is 5.81. The highest BCUT2D eigenvalue weighted by Gasteiger charge is 2.44. The molecule has 2 aliphatic heterocycles. The van der Waals surface area contributed by atoms with Crippen molar-refractivity contribution >= 4 is 5.91 Å². The van der Waals surface area contributed by atoms with Gasteiger partial charge in [-0.15, -0.1) is 0 Å². The molecule has 2 bridgehead atoms. The van der Waals surface area contributed by atoms with Gasteiger partial charge in [-0.3, -0.25) is 4.79 Å². The molecule has 1 aromatic rings. The van der Waals surface area contributed by atoms with Crippen molar-refractivity contribution in [2.75, 3.05) is 13.2 Å². The van der Waals surface area contributed by atoms with Crippen molar-refractivity contribution in [3.8, 4) is 0 Å². The molecule has 2 heterocycles. The van der Waals surface area contributed by atoms with Crippen LogP contribution in [-0.2, 0) is 9.53 Å². The second-order valence-corrected chi connectivity index (χ2v) is 6.66. The molecule has 21 heavy (non-hydrogen) atoms. The number of benzene rings is 1. The Kier molecular flexibility index (Phi) is 3.26. The predicted molar refractivity (Wildman–Crippen MR) is 81.0 cm³/mol. The molecule has 4 aliphatic rings. The van der Waals surface area contributed by atoms with Crippen LogP contribution in [0, 0.1) is 5.92 Å². The van der Waals surface area contributed by atoms with Crippen LogP contribution in [0.2, 0.25) is 0 Å². The van der Waals surface area contributed by atoms with Gasteiger partial charge in [0, 0.05) is 25.0 Å². The van der Waals surface area contributed by atoms with Gasteiger partial charge in [-0.1, -0.05) is 24.3 Å². The van der Waals surface area contributed by atoms with E-state index in [2.05, 4.69) is 29.2 Å². The molecule has 2 aliphatic carbocycles. The lowest BCUT2D eigenvalue weighted by molar-refractivity contribution is -0.149. The third-order valence-corrected chi connectivity index (χ3v) is 5.51. The Balaban J connectivity index is 1.50. The fourth-order valence-corrected chi connectivity index (χ4v) is 4.35. The van der Waals surface area contributed by atoms with Gasteiger partial charge in [-0.05, 0) is 43.7 Å². The summed E-state index contributed by atoms with van der Waals surface area (Å²) in [5.74, 6) is 1.13. The molecule has 5 rings (SSSR count). The molecule has 2 fully saturated rings. The van der Waals surface area contributed by atoms with E-state index >= 15 is 0 Å². The van der Waals surface area contributed by atoms with Crippen LogP contribution < -0.4 is 0 Å². The maximum atomic E-state index is 12.8. The highest BCUT2D eigenvalue weighted by Crippen LogP contribution is 2.48. The SMILES string of the molecule is CCOC1CC(C(=O)N2C[C@H]3CC[C@H]2c2ccccc23)C1. The van der Waals surface area contributed by atoms with Crippen LogP contribution in [0.1, 0.15) is 55.7 Å². The summed E-state index contributed by atoms with van der Waals surface area (Å²) in [4.78, 5) is 15.0. The summed E-state index contributed by atoms with van der Waals surface area (Å²) in [7, 11) is 0. The van der Waals surface area contributed by atoms with Crippen molar-refractivity contribution in [3.63, 3.8) is 0 Å². The van der Waals surface area contributed by atoms with Gasteiger partial charge in [-0.25, -0.2) is 0 Å². The van der Waals surface area contributed by atoms with Gasteiger partial charge in [0.25, 0.3) is 0 Å². The molecular weight excluding hydrogens is 262 g/mol. The lowest BCUT2D eigenvalue weighted by atomic mass is 9.73. The standard InChI is InChI=1S/C18H23NO2/c1-2-21-14-9-13(10-14)18(20)19-11-12-7-8-17(19)16-6-4-3-5-15(12)16/h3-6,12-14,17H,2,7-11H2,1H3/t12-,13?,14?,17+/m1/s1. The highest BCUT2D eigenvalue weighted by atomic mass is 16.5. The van der Waals surface area contributed by atoms with E-state index in [-0.39, 0.29) is 5.92 Å². The summed E-state index contributed by atoms with van der Waals surface area (Å²) in [6.07, 6.45) is 4.52. The van der Waals surface area contributed by atoms with Crippen molar-refractivity contribution in [2.24, 2.45) is 5.92 Å².